The van der Waals surface area contributed by atoms with Gasteiger partial charge in [-0.15, -0.1) is 0 Å². The topological polar surface area (TPSA) is 71.1 Å². The molecule has 0 aliphatic carbocycles. The standard InChI is InChI=1S/C24H46O6/c1-21(2,3)27-17-15-23(7,8)29-19(25)13-11-12-14-20(26)30-24(9,10)16-18-28-22(4,5)6/h11-18H2,1-10H3. The van der Waals surface area contributed by atoms with Gasteiger partial charge in [0.25, 0.3) is 0 Å². The third-order valence-electron chi connectivity index (χ3n) is 4.27. The average molecular weight is 431 g/mol. The molecule has 0 rings (SSSR count). The minimum atomic E-state index is -0.569. The Hall–Kier alpha value is -1.14. The average Bonchev–Trinajstić information content (AvgIpc) is 2.47. The van der Waals surface area contributed by atoms with Crippen LogP contribution in [-0.2, 0) is 28.5 Å². The van der Waals surface area contributed by atoms with Crippen molar-refractivity contribution in [2.45, 2.75) is 130 Å². The van der Waals surface area contributed by atoms with Crippen LogP contribution >= 0.6 is 0 Å². The molecule has 0 aliphatic heterocycles. The Bertz CT molecular complexity index is 475. The van der Waals surface area contributed by atoms with Gasteiger partial charge in [-0.05, 0) is 82.1 Å². The number of hydrogen-bond acceptors (Lipinski definition) is 6. The third-order valence-corrected chi connectivity index (χ3v) is 4.27. The zero-order valence-electron chi connectivity index (χ0n) is 21.1. The Morgan fingerprint density at radius 1 is 0.567 bits per heavy atom. The van der Waals surface area contributed by atoms with Gasteiger partial charge >= 0.3 is 11.9 Å². The minimum absolute atomic E-state index is 0.205. The number of hydrogen-bond donors (Lipinski definition) is 0. The van der Waals surface area contributed by atoms with E-state index in [1.165, 1.54) is 0 Å². The molecule has 0 amide bonds. The van der Waals surface area contributed by atoms with E-state index in [1.807, 2.05) is 69.2 Å². The molecule has 178 valence electrons. The van der Waals surface area contributed by atoms with Crippen LogP contribution in [0.2, 0.25) is 0 Å². The van der Waals surface area contributed by atoms with Crippen molar-refractivity contribution in [2.75, 3.05) is 13.2 Å². The van der Waals surface area contributed by atoms with Crippen LogP contribution in [0.1, 0.15) is 108 Å². The summed E-state index contributed by atoms with van der Waals surface area (Å²) in [6.07, 6.45) is 3.04. The number of rotatable bonds is 13. The second kappa shape index (κ2) is 12.0. The molecule has 0 unspecified atom stereocenters. The molecule has 0 fully saturated rings. The molecule has 0 aromatic heterocycles. The summed E-state index contributed by atoms with van der Waals surface area (Å²) in [6, 6.07) is 0. The van der Waals surface area contributed by atoms with Crippen molar-refractivity contribution >= 4 is 11.9 Å². The molecule has 0 heterocycles. The molecule has 0 aliphatic rings. The van der Waals surface area contributed by atoms with Crippen LogP contribution in [0.5, 0.6) is 0 Å². The highest BCUT2D eigenvalue weighted by atomic mass is 16.6. The molecular weight excluding hydrogens is 384 g/mol. The summed E-state index contributed by atoms with van der Waals surface area (Å²) in [4.78, 5) is 24.2. The van der Waals surface area contributed by atoms with Crippen LogP contribution in [0.25, 0.3) is 0 Å². The molecule has 0 aromatic rings. The normalized spacial score (nSPS) is 13.3. The highest BCUT2D eigenvalue weighted by Gasteiger charge is 2.25. The first-order chi connectivity index (χ1) is 13.4. The molecular formula is C24H46O6. The van der Waals surface area contributed by atoms with Gasteiger partial charge in [0.1, 0.15) is 11.2 Å². The summed E-state index contributed by atoms with van der Waals surface area (Å²) >= 11 is 0. The van der Waals surface area contributed by atoms with Crippen LogP contribution in [0, 0.1) is 0 Å². The quantitative estimate of drug-likeness (QED) is 0.280. The Kier molecular flexibility index (Phi) is 11.6. The van der Waals surface area contributed by atoms with Crippen molar-refractivity contribution in [1.82, 2.24) is 0 Å². The maximum Gasteiger partial charge on any atom is 0.306 e. The van der Waals surface area contributed by atoms with Crippen LogP contribution in [0.15, 0.2) is 0 Å². The number of carbonyl (C=O) groups excluding carboxylic acids is 2. The lowest BCUT2D eigenvalue weighted by molar-refractivity contribution is -0.161. The van der Waals surface area contributed by atoms with E-state index in [9.17, 15) is 9.59 Å². The maximum atomic E-state index is 12.1. The van der Waals surface area contributed by atoms with E-state index < -0.39 is 11.2 Å². The lowest BCUT2D eigenvalue weighted by atomic mass is 10.0. The van der Waals surface area contributed by atoms with Gasteiger partial charge in [0.15, 0.2) is 0 Å². The second-order valence-corrected chi connectivity index (χ2v) is 11.1. The van der Waals surface area contributed by atoms with Crippen LogP contribution in [0.4, 0.5) is 0 Å². The molecule has 0 N–H and O–H groups in total. The Labute approximate surface area is 184 Å². The van der Waals surface area contributed by atoms with Crippen LogP contribution < -0.4 is 0 Å². The van der Waals surface area contributed by atoms with Gasteiger partial charge in [0.05, 0.1) is 24.4 Å². The smallest absolute Gasteiger partial charge is 0.306 e. The van der Waals surface area contributed by atoms with E-state index in [-0.39, 0.29) is 23.1 Å². The lowest BCUT2D eigenvalue weighted by Crippen LogP contribution is -2.32. The van der Waals surface area contributed by atoms with Gasteiger partial charge in [0.2, 0.25) is 0 Å². The largest absolute Gasteiger partial charge is 0.460 e. The van der Waals surface area contributed by atoms with Gasteiger partial charge in [-0.3, -0.25) is 9.59 Å². The molecule has 6 heteroatoms. The maximum absolute atomic E-state index is 12.1. The first-order valence-electron chi connectivity index (χ1n) is 11.1. The van der Waals surface area contributed by atoms with Crippen molar-refractivity contribution in [1.29, 1.82) is 0 Å². The molecule has 0 radical (unpaired) electrons. The SMILES string of the molecule is CC(C)(C)OCCC(C)(C)OC(=O)CCCCC(=O)OC(C)(C)CCOC(C)(C)C. The van der Waals surface area contributed by atoms with E-state index in [0.717, 1.165) is 0 Å². The van der Waals surface area contributed by atoms with E-state index >= 15 is 0 Å². The number of unbranched alkanes of at least 4 members (excludes halogenated alkanes) is 1. The van der Waals surface area contributed by atoms with Crippen molar-refractivity contribution in [3.8, 4) is 0 Å². The van der Waals surface area contributed by atoms with Crippen molar-refractivity contribution in [2.24, 2.45) is 0 Å². The van der Waals surface area contributed by atoms with Gasteiger partial charge in [-0.25, -0.2) is 0 Å². The van der Waals surface area contributed by atoms with Crippen LogP contribution in [-0.4, -0.2) is 47.6 Å². The number of ether oxygens (including phenoxy) is 4. The zero-order chi connectivity index (χ0) is 23.6. The number of carbonyl (C=O) groups is 2. The van der Waals surface area contributed by atoms with E-state index in [1.54, 1.807) is 0 Å². The summed E-state index contributed by atoms with van der Waals surface area (Å²) in [5.41, 5.74) is -1.55. The molecule has 0 bridgehead atoms. The first-order valence-corrected chi connectivity index (χ1v) is 11.1. The minimum Gasteiger partial charge on any atom is -0.460 e. The number of esters is 2. The van der Waals surface area contributed by atoms with Gasteiger partial charge < -0.3 is 18.9 Å². The predicted octanol–water partition coefficient (Wildman–Crippen LogP) is 5.60. The molecule has 0 saturated carbocycles. The fourth-order valence-corrected chi connectivity index (χ4v) is 2.57. The summed E-state index contributed by atoms with van der Waals surface area (Å²) in [5, 5.41) is 0. The monoisotopic (exact) mass is 430 g/mol. The lowest BCUT2D eigenvalue weighted by Gasteiger charge is -2.28. The summed E-state index contributed by atoms with van der Waals surface area (Å²) in [5.74, 6) is -0.493. The summed E-state index contributed by atoms with van der Waals surface area (Å²) < 4.78 is 22.5. The molecule has 30 heavy (non-hydrogen) atoms. The molecule has 6 nitrogen and oxygen atoms in total. The Morgan fingerprint density at radius 3 is 1.13 bits per heavy atom. The first kappa shape index (κ1) is 28.9. The zero-order valence-corrected chi connectivity index (χ0v) is 21.1. The van der Waals surface area contributed by atoms with Gasteiger partial charge in [0, 0.05) is 25.7 Å². The molecule has 0 atom stereocenters. The Morgan fingerprint density at radius 2 is 0.867 bits per heavy atom. The summed E-state index contributed by atoms with van der Waals surface area (Å²) in [7, 11) is 0. The predicted molar refractivity (Wildman–Crippen MR) is 119 cm³/mol. The van der Waals surface area contributed by atoms with Gasteiger partial charge in [-0.2, -0.15) is 0 Å². The van der Waals surface area contributed by atoms with Gasteiger partial charge in [-0.1, -0.05) is 0 Å². The second-order valence-electron chi connectivity index (χ2n) is 11.1. The van der Waals surface area contributed by atoms with E-state index in [2.05, 4.69) is 0 Å². The van der Waals surface area contributed by atoms with E-state index in [4.69, 9.17) is 18.9 Å². The molecule has 0 aromatic carbocycles. The highest BCUT2D eigenvalue weighted by Crippen LogP contribution is 2.20. The fraction of sp³-hybridized carbons (Fsp3) is 0.917. The molecule has 0 spiro atoms. The van der Waals surface area contributed by atoms with Crippen molar-refractivity contribution < 1.29 is 28.5 Å². The molecule has 0 saturated heterocycles. The van der Waals surface area contributed by atoms with Crippen molar-refractivity contribution in [3.05, 3.63) is 0 Å². The summed E-state index contributed by atoms with van der Waals surface area (Å²) in [6.45, 7) is 20.6. The Balaban J connectivity index is 4.06. The highest BCUT2D eigenvalue weighted by molar-refractivity contribution is 5.71. The van der Waals surface area contributed by atoms with Crippen LogP contribution in [0.3, 0.4) is 0 Å². The van der Waals surface area contributed by atoms with E-state index in [0.29, 0.717) is 51.7 Å². The van der Waals surface area contributed by atoms with Crippen molar-refractivity contribution in [3.63, 3.8) is 0 Å². The third kappa shape index (κ3) is 17.7. The fourth-order valence-electron chi connectivity index (χ4n) is 2.57.